The third kappa shape index (κ3) is 0.367. The molecule has 40 valence electrons. The van der Waals surface area contributed by atoms with Gasteiger partial charge in [0.1, 0.15) is 0 Å². The maximum absolute atomic E-state index is 3.35. The lowest BCUT2D eigenvalue weighted by molar-refractivity contribution is 0.634. The van der Waals surface area contributed by atoms with Crippen molar-refractivity contribution in [2.24, 2.45) is 17.8 Å². The Bertz CT molecular complexity index is 80.2. The van der Waals surface area contributed by atoms with Gasteiger partial charge in [-0.15, -0.1) is 0 Å². The van der Waals surface area contributed by atoms with E-state index in [4.69, 9.17) is 0 Å². The first-order chi connectivity index (χ1) is 3.39. The van der Waals surface area contributed by atoms with Crippen molar-refractivity contribution in [1.82, 2.24) is 5.32 Å². The zero-order chi connectivity index (χ0) is 4.85. The number of hydrogen-bond donors (Lipinski definition) is 1. The predicted octanol–water partition coefficient (Wildman–Crippen LogP) is 0.472. The molecule has 0 radical (unpaired) electrons. The Hall–Kier alpha value is -0.0400. The summed E-state index contributed by atoms with van der Waals surface area (Å²) in [6.07, 6.45) is 0. The van der Waals surface area contributed by atoms with Crippen LogP contribution in [0.3, 0.4) is 0 Å². The Morgan fingerprint density at radius 3 is 2.14 bits per heavy atom. The van der Waals surface area contributed by atoms with Gasteiger partial charge in [0.2, 0.25) is 0 Å². The van der Waals surface area contributed by atoms with Gasteiger partial charge in [-0.3, -0.25) is 0 Å². The quantitative estimate of drug-likeness (QED) is 0.463. The molecule has 1 aliphatic heterocycles. The molecule has 2 aliphatic rings. The molecule has 0 aromatic carbocycles. The molecule has 1 saturated heterocycles. The smallest absolute Gasteiger partial charge is 0.00145 e. The summed E-state index contributed by atoms with van der Waals surface area (Å²) in [6, 6.07) is 0. The van der Waals surface area contributed by atoms with Gasteiger partial charge >= 0.3 is 0 Å². The van der Waals surface area contributed by atoms with Crippen molar-refractivity contribution in [3.63, 3.8) is 0 Å². The van der Waals surface area contributed by atoms with Crippen molar-refractivity contribution in [2.45, 2.75) is 6.92 Å². The highest BCUT2D eigenvalue weighted by atomic mass is 15.0. The van der Waals surface area contributed by atoms with Gasteiger partial charge in [0.05, 0.1) is 0 Å². The van der Waals surface area contributed by atoms with Gasteiger partial charge in [-0.2, -0.15) is 0 Å². The lowest BCUT2D eigenvalue weighted by Crippen LogP contribution is -2.13. The molecule has 0 aromatic rings. The van der Waals surface area contributed by atoms with Crippen molar-refractivity contribution in [1.29, 1.82) is 0 Å². The molecule has 2 unspecified atom stereocenters. The largest absolute Gasteiger partial charge is 0.316 e. The van der Waals surface area contributed by atoms with Crippen molar-refractivity contribution in [2.75, 3.05) is 13.1 Å². The first kappa shape index (κ1) is 3.90. The Balaban J connectivity index is 2.06. The SMILES string of the molecule is CC1C2CNCC12. The number of nitrogens with one attached hydrogen (secondary N) is 1. The van der Waals surface area contributed by atoms with Gasteiger partial charge in [0, 0.05) is 0 Å². The van der Waals surface area contributed by atoms with E-state index in [0.717, 1.165) is 17.8 Å². The fourth-order valence-corrected chi connectivity index (χ4v) is 1.73. The van der Waals surface area contributed by atoms with Crippen LogP contribution in [-0.4, -0.2) is 13.1 Å². The maximum atomic E-state index is 3.35. The molecule has 0 bridgehead atoms. The summed E-state index contributed by atoms with van der Waals surface area (Å²) in [6.45, 7) is 4.95. The fraction of sp³-hybridized carbons (Fsp3) is 1.00. The van der Waals surface area contributed by atoms with Crippen molar-refractivity contribution in [3.05, 3.63) is 0 Å². The summed E-state index contributed by atoms with van der Waals surface area (Å²) in [7, 11) is 0. The van der Waals surface area contributed by atoms with Gasteiger partial charge in [-0.25, -0.2) is 0 Å². The molecule has 1 aliphatic carbocycles. The maximum Gasteiger partial charge on any atom is -0.00145 e. The Morgan fingerprint density at radius 2 is 1.86 bits per heavy atom. The average molecular weight is 97.2 g/mol. The summed E-state index contributed by atoms with van der Waals surface area (Å²) >= 11 is 0. The van der Waals surface area contributed by atoms with Crippen molar-refractivity contribution in [3.8, 4) is 0 Å². The van der Waals surface area contributed by atoms with E-state index in [0.29, 0.717) is 0 Å². The molecule has 2 atom stereocenters. The van der Waals surface area contributed by atoms with E-state index in [1.807, 2.05) is 0 Å². The molecule has 1 heterocycles. The van der Waals surface area contributed by atoms with Crippen LogP contribution in [0.15, 0.2) is 0 Å². The van der Waals surface area contributed by atoms with Gasteiger partial charge in [-0.05, 0) is 30.8 Å². The minimum absolute atomic E-state index is 1.06. The molecular weight excluding hydrogens is 86.1 g/mol. The van der Waals surface area contributed by atoms with E-state index in [9.17, 15) is 0 Å². The molecule has 7 heavy (non-hydrogen) atoms. The lowest BCUT2D eigenvalue weighted by Gasteiger charge is -1.93. The van der Waals surface area contributed by atoms with Crippen LogP contribution in [0.5, 0.6) is 0 Å². The molecule has 1 nitrogen and oxygen atoms in total. The van der Waals surface area contributed by atoms with Crippen molar-refractivity contribution < 1.29 is 0 Å². The van der Waals surface area contributed by atoms with Crippen molar-refractivity contribution >= 4 is 0 Å². The van der Waals surface area contributed by atoms with Gasteiger partial charge in [0.25, 0.3) is 0 Å². The van der Waals surface area contributed by atoms with Crippen LogP contribution in [0.2, 0.25) is 0 Å². The minimum Gasteiger partial charge on any atom is -0.316 e. The van der Waals surface area contributed by atoms with E-state index in [-0.39, 0.29) is 0 Å². The average Bonchev–Trinajstić information content (AvgIpc) is 2.26. The first-order valence-corrected chi connectivity index (χ1v) is 3.10. The Kier molecular flexibility index (Phi) is 0.571. The van der Waals surface area contributed by atoms with E-state index >= 15 is 0 Å². The molecule has 0 amide bonds. The molecule has 0 spiro atoms. The Labute approximate surface area is 44.1 Å². The second kappa shape index (κ2) is 1.03. The number of hydrogen-bond acceptors (Lipinski definition) is 1. The third-order valence-electron chi connectivity index (χ3n) is 2.52. The number of rotatable bonds is 0. The lowest BCUT2D eigenvalue weighted by atomic mass is 10.3. The standard InChI is InChI=1S/C6H11N/c1-4-5-2-7-3-6(4)5/h4-7H,2-3H2,1H3. The highest BCUT2D eigenvalue weighted by molar-refractivity contribution is 5.01. The molecule has 0 aromatic heterocycles. The van der Waals surface area contributed by atoms with Gasteiger partial charge in [-0.1, -0.05) is 6.92 Å². The first-order valence-electron chi connectivity index (χ1n) is 3.10. The molecular formula is C6H11N. The zero-order valence-electron chi connectivity index (χ0n) is 4.65. The molecule has 2 fully saturated rings. The molecule has 2 rings (SSSR count). The van der Waals surface area contributed by atoms with Crippen LogP contribution in [0.4, 0.5) is 0 Å². The van der Waals surface area contributed by atoms with Crippen LogP contribution >= 0.6 is 0 Å². The topological polar surface area (TPSA) is 12.0 Å². The summed E-state index contributed by atoms with van der Waals surface area (Å²) in [5.41, 5.74) is 0. The van der Waals surface area contributed by atoms with Crippen LogP contribution in [0.1, 0.15) is 6.92 Å². The summed E-state index contributed by atoms with van der Waals surface area (Å²) in [4.78, 5) is 0. The predicted molar refractivity (Wildman–Crippen MR) is 29.0 cm³/mol. The summed E-state index contributed by atoms with van der Waals surface area (Å²) in [5.74, 6) is 3.20. The zero-order valence-corrected chi connectivity index (χ0v) is 4.65. The van der Waals surface area contributed by atoms with Gasteiger partial charge in [0.15, 0.2) is 0 Å². The fourth-order valence-electron chi connectivity index (χ4n) is 1.73. The number of fused-ring (bicyclic) bond motifs is 1. The van der Waals surface area contributed by atoms with E-state index in [1.54, 1.807) is 0 Å². The molecule has 1 N–H and O–H groups in total. The van der Waals surface area contributed by atoms with Gasteiger partial charge < -0.3 is 5.32 Å². The summed E-state index contributed by atoms with van der Waals surface area (Å²) < 4.78 is 0. The van der Waals surface area contributed by atoms with E-state index in [2.05, 4.69) is 12.2 Å². The normalized spacial score (nSPS) is 57.0. The highest BCUT2D eigenvalue weighted by Crippen LogP contribution is 2.47. The second-order valence-corrected chi connectivity index (χ2v) is 2.85. The van der Waals surface area contributed by atoms with Crippen LogP contribution in [0.25, 0.3) is 0 Å². The third-order valence-corrected chi connectivity index (χ3v) is 2.52. The second-order valence-electron chi connectivity index (χ2n) is 2.85. The summed E-state index contributed by atoms with van der Waals surface area (Å²) in [5, 5.41) is 3.35. The monoisotopic (exact) mass is 97.1 g/mol. The highest BCUT2D eigenvalue weighted by Gasteiger charge is 2.49. The Morgan fingerprint density at radius 1 is 1.29 bits per heavy atom. The van der Waals surface area contributed by atoms with Crippen LogP contribution in [0, 0.1) is 17.8 Å². The van der Waals surface area contributed by atoms with Crippen LogP contribution in [-0.2, 0) is 0 Å². The minimum atomic E-state index is 1.06. The van der Waals surface area contributed by atoms with E-state index < -0.39 is 0 Å². The number of piperidine rings is 1. The van der Waals surface area contributed by atoms with Crippen LogP contribution < -0.4 is 5.32 Å². The molecule has 1 heteroatoms. The van der Waals surface area contributed by atoms with E-state index in [1.165, 1.54) is 13.1 Å². The molecule has 1 saturated carbocycles.